The monoisotopic (exact) mass is 241 g/mol. The molecule has 0 aliphatic carbocycles. The van der Waals surface area contributed by atoms with Crippen LogP contribution in [-0.4, -0.2) is 17.6 Å². The van der Waals surface area contributed by atoms with Crippen molar-refractivity contribution in [3.8, 4) is 0 Å². The Morgan fingerprint density at radius 2 is 2.31 bits per heavy atom. The molecule has 2 unspecified atom stereocenters. The molecule has 0 saturated heterocycles. The fourth-order valence-electron chi connectivity index (χ4n) is 1.56. The van der Waals surface area contributed by atoms with Crippen molar-refractivity contribution >= 4 is 11.3 Å². The largest absolute Gasteiger partial charge is 0.327 e. The Kier molecular flexibility index (Phi) is 5.95. The molecule has 3 nitrogen and oxygen atoms in total. The van der Waals surface area contributed by atoms with Crippen molar-refractivity contribution in [2.75, 3.05) is 6.54 Å². The summed E-state index contributed by atoms with van der Waals surface area (Å²) in [4.78, 5) is 5.63. The number of hydrogen-bond acceptors (Lipinski definition) is 4. The minimum atomic E-state index is 0.267. The highest BCUT2D eigenvalue weighted by atomic mass is 32.1. The van der Waals surface area contributed by atoms with E-state index >= 15 is 0 Å². The lowest BCUT2D eigenvalue weighted by molar-refractivity contribution is 0.484. The van der Waals surface area contributed by atoms with Crippen LogP contribution in [0.5, 0.6) is 0 Å². The van der Waals surface area contributed by atoms with Gasteiger partial charge in [-0.15, -0.1) is 11.3 Å². The van der Waals surface area contributed by atoms with Crippen LogP contribution in [0.3, 0.4) is 0 Å². The Labute approximate surface area is 102 Å². The molecule has 1 rings (SSSR count). The van der Waals surface area contributed by atoms with E-state index in [-0.39, 0.29) is 6.04 Å². The first kappa shape index (κ1) is 13.6. The summed E-state index contributed by atoms with van der Waals surface area (Å²) >= 11 is 1.75. The van der Waals surface area contributed by atoms with Gasteiger partial charge in [0, 0.05) is 23.7 Å². The number of aromatic nitrogens is 1. The van der Waals surface area contributed by atoms with Crippen molar-refractivity contribution in [3.63, 3.8) is 0 Å². The average Bonchev–Trinajstić information content (AvgIpc) is 2.69. The fourth-order valence-corrected chi connectivity index (χ4v) is 2.36. The van der Waals surface area contributed by atoms with Gasteiger partial charge in [0.2, 0.25) is 0 Å². The second kappa shape index (κ2) is 6.99. The lowest BCUT2D eigenvalue weighted by Crippen LogP contribution is -2.35. The van der Waals surface area contributed by atoms with E-state index in [1.165, 1.54) is 17.7 Å². The van der Waals surface area contributed by atoms with Crippen LogP contribution < -0.4 is 11.1 Å². The summed E-state index contributed by atoms with van der Waals surface area (Å²) in [6.07, 6.45) is 5.46. The van der Waals surface area contributed by atoms with Gasteiger partial charge >= 0.3 is 0 Å². The van der Waals surface area contributed by atoms with Crippen molar-refractivity contribution in [2.45, 2.75) is 52.1 Å². The SMILES string of the molecule is CCCCC(N)CNC(C)c1ncc(C)s1. The molecule has 1 aromatic heterocycles. The molecule has 0 radical (unpaired) electrons. The van der Waals surface area contributed by atoms with Gasteiger partial charge in [-0.3, -0.25) is 0 Å². The third-order valence-electron chi connectivity index (χ3n) is 2.62. The highest BCUT2D eigenvalue weighted by Crippen LogP contribution is 2.18. The topological polar surface area (TPSA) is 50.9 Å². The zero-order chi connectivity index (χ0) is 12.0. The van der Waals surface area contributed by atoms with Crippen molar-refractivity contribution < 1.29 is 0 Å². The van der Waals surface area contributed by atoms with E-state index in [1.54, 1.807) is 11.3 Å². The van der Waals surface area contributed by atoms with Gasteiger partial charge < -0.3 is 11.1 Å². The Morgan fingerprint density at radius 1 is 1.56 bits per heavy atom. The number of thiazole rings is 1. The van der Waals surface area contributed by atoms with E-state index in [1.807, 2.05) is 6.20 Å². The van der Waals surface area contributed by atoms with E-state index < -0.39 is 0 Å². The minimum Gasteiger partial charge on any atom is -0.327 e. The second-order valence-electron chi connectivity index (χ2n) is 4.34. The maximum absolute atomic E-state index is 6.01. The Bertz CT molecular complexity index is 298. The summed E-state index contributed by atoms with van der Waals surface area (Å²) in [5.74, 6) is 0. The normalized spacial score (nSPS) is 15.0. The quantitative estimate of drug-likeness (QED) is 0.771. The van der Waals surface area contributed by atoms with Gasteiger partial charge in [0.05, 0.1) is 6.04 Å². The molecule has 0 amide bonds. The molecule has 1 aromatic rings. The predicted molar refractivity (Wildman–Crippen MR) is 70.8 cm³/mol. The summed E-state index contributed by atoms with van der Waals surface area (Å²) in [5, 5.41) is 4.60. The third kappa shape index (κ3) is 4.60. The number of hydrogen-bond donors (Lipinski definition) is 2. The zero-order valence-corrected chi connectivity index (χ0v) is 11.3. The van der Waals surface area contributed by atoms with Crippen molar-refractivity contribution in [3.05, 3.63) is 16.1 Å². The van der Waals surface area contributed by atoms with Crippen molar-refractivity contribution in [1.82, 2.24) is 10.3 Å². The molecule has 2 atom stereocenters. The van der Waals surface area contributed by atoms with Crippen LogP contribution in [0.15, 0.2) is 6.20 Å². The van der Waals surface area contributed by atoms with Crippen LogP contribution >= 0.6 is 11.3 Å². The smallest absolute Gasteiger partial charge is 0.109 e. The predicted octanol–water partition coefficient (Wildman–Crippen LogP) is 2.62. The molecule has 0 saturated carbocycles. The molecule has 0 fully saturated rings. The van der Waals surface area contributed by atoms with Gasteiger partial charge in [-0.1, -0.05) is 19.8 Å². The van der Waals surface area contributed by atoms with Gasteiger partial charge in [-0.25, -0.2) is 4.98 Å². The van der Waals surface area contributed by atoms with E-state index in [0.29, 0.717) is 6.04 Å². The van der Waals surface area contributed by atoms with Crippen LogP contribution in [0.2, 0.25) is 0 Å². The molecule has 4 heteroatoms. The lowest BCUT2D eigenvalue weighted by Gasteiger charge is -2.15. The summed E-state index contributed by atoms with van der Waals surface area (Å²) < 4.78 is 0. The van der Waals surface area contributed by atoms with Crippen LogP contribution in [0.4, 0.5) is 0 Å². The van der Waals surface area contributed by atoms with Gasteiger partial charge in [0.1, 0.15) is 5.01 Å². The van der Waals surface area contributed by atoms with E-state index in [0.717, 1.165) is 18.0 Å². The molecule has 92 valence electrons. The number of rotatable bonds is 7. The van der Waals surface area contributed by atoms with E-state index in [4.69, 9.17) is 5.73 Å². The lowest BCUT2D eigenvalue weighted by atomic mass is 10.1. The third-order valence-corrected chi connectivity index (χ3v) is 3.72. The molecule has 0 bridgehead atoms. The van der Waals surface area contributed by atoms with Gasteiger partial charge in [-0.2, -0.15) is 0 Å². The molecule has 1 heterocycles. The van der Waals surface area contributed by atoms with E-state index in [2.05, 4.69) is 31.1 Å². The van der Waals surface area contributed by atoms with Crippen LogP contribution in [0.25, 0.3) is 0 Å². The molecule has 0 aliphatic heterocycles. The van der Waals surface area contributed by atoms with Crippen molar-refractivity contribution in [2.24, 2.45) is 5.73 Å². The number of nitrogens with one attached hydrogen (secondary N) is 1. The van der Waals surface area contributed by atoms with E-state index in [9.17, 15) is 0 Å². The minimum absolute atomic E-state index is 0.267. The molecule has 3 N–H and O–H groups in total. The first-order chi connectivity index (χ1) is 7.63. The molecule has 0 spiro atoms. The molecule has 0 aliphatic rings. The summed E-state index contributed by atoms with van der Waals surface area (Å²) in [6.45, 7) is 7.30. The first-order valence-corrected chi connectivity index (χ1v) is 6.86. The van der Waals surface area contributed by atoms with Gasteiger partial charge in [0.15, 0.2) is 0 Å². The van der Waals surface area contributed by atoms with Crippen LogP contribution in [-0.2, 0) is 0 Å². The first-order valence-electron chi connectivity index (χ1n) is 6.04. The zero-order valence-electron chi connectivity index (χ0n) is 10.5. The van der Waals surface area contributed by atoms with Gasteiger partial charge in [-0.05, 0) is 20.3 Å². The molecular formula is C12H23N3S. The molecule has 0 aromatic carbocycles. The average molecular weight is 241 g/mol. The number of nitrogens with zero attached hydrogens (tertiary/aromatic N) is 1. The highest BCUT2D eigenvalue weighted by molar-refractivity contribution is 7.11. The number of unbranched alkanes of at least 4 members (excludes halogenated alkanes) is 1. The standard InChI is InChI=1S/C12H23N3S/c1-4-5-6-11(13)8-14-10(3)12-15-7-9(2)16-12/h7,10-11,14H,4-6,8,13H2,1-3H3. The number of nitrogens with two attached hydrogens (primary N) is 1. The highest BCUT2D eigenvalue weighted by Gasteiger charge is 2.10. The van der Waals surface area contributed by atoms with Crippen LogP contribution in [0, 0.1) is 6.92 Å². The Balaban J connectivity index is 2.27. The maximum atomic E-state index is 6.01. The second-order valence-corrected chi connectivity index (χ2v) is 5.61. The maximum Gasteiger partial charge on any atom is 0.109 e. The summed E-state index contributed by atoms with van der Waals surface area (Å²) in [5.41, 5.74) is 6.01. The molecule has 16 heavy (non-hydrogen) atoms. The fraction of sp³-hybridized carbons (Fsp3) is 0.750. The Morgan fingerprint density at radius 3 is 2.88 bits per heavy atom. The van der Waals surface area contributed by atoms with Gasteiger partial charge in [0.25, 0.3) is 0 Å². The summed E-state index contributed by atoms with van der Waals surface area (Å²) in [6, 6.07) is 0.579. The molecular weight excluding hydrogens is 218 g/mol. The summed E-state index contributed by atoms with van der Waals surface area (Å²) in [7, 11) is 0. The van der Waals surface area contributed by atoms with Crippen molar-refractivity contribution in [1.29, 1.82) is 0 Å². The Hall–Kier alpha value is -0.450. The number of aryl methyl sites for hydroxylation is 1. The van der Waals surface area contributed by atoms with Crippen LogP contribution in [0.1, 0.15) is 49.0 Å².